The molecule has 1 amide bonds. The summed E-state index contributed by atoms with van der Waals surface area (Å²) < 4.78 is 14.0. The summed E-state index contributed by atoms with van der Waals surface area (Å²) in [5.74, 6) is -0.433. The van der Waals surface area contributed by atoms with E-state index in [1.165, 1.54) is 24.5 Å². The van der Waals surface area contributed by atoms with Gasteiger partial charge in [0, 0.05) is 11.3 Å². The predicted molar refractivity (Wildman–Crippen MR) is 111 cm³/mol. The van der Waals surface area contributed by atoms with Gasteiger partial charge in [-0.05, 0) is 55.2 Å². The van der Waals surface area contributed by atoms with Crippen LogP contribution in [0.3, 0.4) is 0 Å². The minimum atomic E-state index is -0.345. The largest absolute Gasteiger partial charge is 0.324 e. The van der Waals surface area contributed by atoms with Crippen LogP contribution in [0.2, 0.25) is 0 Å². The van der Waals surface area contributed by atoms with Crippen LogP contribution < -0.4 is 5.32 Å². The zero-order chi connectivity index (χ0) is 19.7. The number of nitrogens with zero attached hydrogens (tertiary/aromatic N) is 1. The lowest BCUT2D eigenvalue weighted by Gasteiger charge is -2.21. The normalized spacial score (nSPS) is 16.0. The number of halogens is 1. The number of hydrogen-bond donors (Lipinski definition) is 1. The van der Waals surface area contributed by atoms with Crippen LogP contribution >= 0.6 is 0 Å². The average molecular weight is 376 g/mol. The molecule has 1 atom stereocenters. The number of aryl methyl sites for hydroxylation is 1. The van der Waals surface area contributed by atoms with Crippen LogP contribution in [0.15, 0.2) is 54.7 Å². The van der Waals surface area contributed by atoms with E-state index in [0.717, 1.165) is 23.8 Å². The molecule has 0 aliphatic heterocycles. The van der Waals surface area contributed by atoms with Crippen molar-refractivity contribution in [2.24, 2.45) is 11.3 Å². The van der Waals surface area contributed by atoms with Gasteiger partial charge in [-0.2, -0.15) is 0 Å². The molecule has 4 rings (SSSR count). The number of carbonyl (C=O) groups is 1. The molecule has 1 fully saturated rings. The monoisotopic (exact) mass is 376 g/mol. The molecule has 3 aromatic rings. The fourth-order valence-corrected chi connectivity index (χ4v) is 3.85. The highest BCUT2D eigenvalue weighted by Crippen LogP contribution is 2.50. The van der Waals surface area contributed by atoms with Gasteiger partial charge in [-0.25, -0.2) is 4.39 Å². The van der Waals surface area contributed by atoms with Gasteiger partial charge < -0.3 is 5.32 Å². The maximum absolute atomic E-state index is 14.0. The maximum Gasteiger partial charge on any atom is 0.227 e. The zero-order valence-electron chi connectivity index (χ0n) is 16.3. The van der Waals surface area contributed by atoms with Crippen molar-refractivity contribution in [2.75, 3.05) is 5.32 Å². The molecule has 2 aromatic carbocycles. The van der Waals surface area contributed by atoms with Crippen LogP contribution in [0.1, 0.15) is 37.3 Å². The van der Waals surface area contributed by atoms with Crippen LogP contribution in [0.5, 0.6) is 0 Å². The van der Waals surface area contributed by atoms with Gasteiger partial charge in [0.25, 0.3) is 0 Å². The summed E-state index contributed by atoms with van der Waals surface area (Å²) in [4.78, 5) is 17.4. The number of fused-ring (bicyclic) bond motifs is 1. The maximum atomic E-state index is 14.0. The van der Waals surface area contributed by atoms with Crippen molar-refractivity contribution in [1.29, 1.82) is 0 Å². The fourth-order valence-electron chi connectivity index (χ4n) is 3.85. The fraction of sp³-hybridized carbons (Fsp3) is 0.333. The van der Waals surface area contributed by atoms with Gasteiger partial charge in [-0.15, -0.1) is 0 Å². The minimum absolute atomic E-state index is 0.0117. The molecule has 1 N–H and O–H groups in total. The van der Waals surface area contributed by atoms with Crippen LogP contribution in [-0.2, 0) is 11.2 Å². The van der Waals surface area contributed by atoms with E-state index < -0.39 is 0 Å². The van der Waals surface area contributed by atoms with E-state index in [2.05, 4.69) is 29.4 Å². The van der Waals surface area contributed by atoms with Crippen molar-refractivity contribution in [3.63, 3.8) is 0 Å². The lowest BCUT2D eigenvalue weighted by molar-refractivity contribution is -0.120. The van der Waals surface area contributed by atoms with E-state index >= 15 is 0 Å². The molecular formula is C24H25FN2O. The number of hydrogen-bond acceptors (Lipinski definition) is 2. The summed E-state index contributed by atoms with van der Waals surface area (Å²) in [5.41, 5.74) is 3.28. The number of anilines is 1. The molecule has 0 radical (unpaired) electrons. The van der Waals surface area contributed by atoms with Crippen LogP contribution in [0.4, 0.5) is 10.1 Å². The van der Waals surface area contributed by atoms with Crippen LogP contribution in [0.25, 0.3) is 10.9 Å². The molecule has 4 heteroatoms. The van der Waals surface area contributed by atoms with Gasteiger partial charge in [0.15, 0.2) is 0 Å². The van der Waals surface area contributed by atoms with Gasteiger partial charge in [0.2, 0.25) is 5.91 Å². The zero-order valence-corrected chi connectivity index (χ0v) is 16.3. The topological polar surface area (TPSA) is 42.0 Å². The summed E-state index contributed by atoms with van der Waals surface area (Å²) in [5, 5.41) is 3.80. The first-order chi connectivity index (χ1) is 13.5. The van der Waals surface area contributed by atoms with Crippen molar-refractivity contribution in [2.45, 2.75) is 39.5 Å². The van der Waals surface area contributed by atoms with Gasteiger partial charge in [0.05, 0.1) is 11.9 Å². The summed E-state index contributed by atoms with van der Waals surface area (Å²) in [6, 6.07) is 15.1. The Labute approximate surface area is 165 Å². The van der Waals surface area contributed by atoms with E-state index in [0.29, 0.717) is 11.2 Å². The number of amides is 1. The molecule has 0 bridgehead atoms. The predicted octanol–water partition coefficient (Wildman–Crippen LogP) is 5.67. The SMILES string of the molecule is Cc1c(NC(=O)[C@@H](Cc2ccccc2)CC2(C)CC2)cnc2c(F)cccc12. The number of rotatable bonds is 6. The average Bonchev–Trinajstić information content (AvgIpc) is 3.42. The molecule has 1 aromatic heterocycles. The number of aromatic nitrogens is 1. The van der Waals surface area contributed by atoms with Crippen molar-refractivity contribution in [3.8, 4) is 0 Å². The van der Waals surface area contributed by atoms with Crippen molar-refractivity contribution >= 4 is 22.5 Å². The number of pyridine rings is 1. The molecule has 3 nitrogen and oxygen atoms in total. The van der Waals surface area contributed by atoms with E-state index in [1.54, 1.807) is 12.3 Å². The molecule has 28 heavy (non-hydrogen) atoms. The first-order valence-electron chi connectivity index (χ1n) is 9.84. The Bertz CT molecular complexity index is 1010. The third kappa shape index (κ3) is 3.91. The van der Waals surface area contributed by atoms with Crippen molar-refractivity contribution in [3.05, 3.63) is 71.7 Å². The first kappa shape index (κ1) is 18.6. The summed E-state index contributed by atoms with van der Waals surface area (Å²) in [6.07, 6.45) is 5.53. The molecule has 0 spiro atoms. The Morgan fingerprint density at radius 1 is 1.18 bits per heavy atom. The third-order valence-electron chi connectivity index (χ3n) is 5.91. The Morgan fingerprint density at radius 3 is 2.64 bits per heavy atom. The standard InChI is InChI=1S/C24H25FN2O/c1-16-19-9-6-10-20(25)22(19)26-15-21(16)27-23(28)18(14-24(2)11-12-24)13-17-7-4-3-5-8-17/h3-10,15,18H,11-14H2,1-2H3,(H,27,28)/t18-/m0/s1. The molecule has 0 unspecified atom stereocenters. The third-order valence-corrected chi connectivity index (χ3v) is 5.91. The quantitative estimate of drug-likeness (QED) is 0.602. The van der Waals surface area contributed by atoms with Crippen LogP contribution in [-0.4, -0.2) is 10.9 Å². The Balaban J connectivity index is 1.58. The number of carbonyl (C=O) groups excluding carboxylic acids is 1. The Hall–Kier alpha value is -2.75. The molecule has 1 aliphatic rings. The molecule has 1 heterocycles. The van der Waals surface area contributed by atoms with Gasteiger partial charge in [-0.3, -0.25) is 9.78 Å². The Morgan fingerprint density at radius 2 is 1.93 bits per heavy atom. The second kappa shape index (κ2) is 7.34. The minimum Gasteiger partial charge on any atom is -0.324 e. The van der Waals surface area contributed by atoms with E-state index in [1.807, 2.05) is 31.2 Å². The highest BCUT2D eigenvalue weighted by Gasteiger charge is 2.40. The van der Waals surface area contributed by atoms with E-state index in [9.17, 15) is 9.18 Å². The lowest BCUT2D eigenvalue weighted by Crippen LogP contribution is -2.27. The number of para-hydroxylation sites is 1. The Kier molecular flexibility index (Phi) is 4.88. The second-order valence-electron chi connectivity index (χ2n) is 8.32. The van der Waals surface area contributed by atoms with Crippen molar-refractivity contribution < 1.29 is 9.18 Å². The molecule has 144 valence electrons. The van der Waals surface area contributed by atoms with E-state index in [4.69, 9.17) is 0 Å². The summed E-state index contributed by atoms with van der Waals surface area (Å²) in [7, 11) is 0. The molecule has 1 saturated carbocycles. The van der Waals surface area contributed by atoms with E-state index in [-0.39, 0.29) is 23.1 Å². The van der Waals surface area contributed by atoms with Gasteiger partial charge in [-0.1, -0.05) is 49.4 Å². The smallest absolute Gasteiger partial charge is 0.227 e. The van der Waals surface area contributed by atoms with Gasteiger partial charge in [0.1, 0.15) is 11.3 Å². The lowest BCUT2D eigenvalue weighted by atomic mass is 9.87. The molecule has 1 aliphatic carbocycles. The summed E-state index contributed by atoms with van der Waals surface area (Å²) in [6.45, 7) is 4.15. The van der Waals surface area contributed by atoms with Crippen LogP contribution in [0, 0.1) is 24.1 Å². The molecular weight excluding hydrogens is 351 g/mol. The highest BCUT2D eigenvalue weighted by atomic mass is 19.1. The highest BCUT2D eigenvalue weighted by molar-refractivity contribution is 5.96. The molecule has 0 saturated heterocycles. The number of benzene rings is 2. The number of nitrogens with one attached hydrogen (secondary N) is 1. The first-order valence-corrected chi connectivity index (χ1v) is 9.84. The van der Waals surface area contributed by atoms with Crippen molar-refractivity contribution in [1.82, 2.24) is 4.98 Å². The second-order valence-corrected chi connectivity index (χ2v) is 8.32. The summed E-state index contributed by atoms with van der Waals surface area (Å²) >= 11 is 0. The van der Waals surface area contributed by atoms with Gasteiger partial charge >= 0.3 is 0 Å².